The third kappa shape index (κ3) is 6.33. The molecule has 0 saturated carbocycles. The van der Waals surface area contributed by atoms with Crippen LogP contribution in [0.5, 0.6) is 0 Å². The maximum absolute atomic E-state index is 13.2. The minimum Gasteiger partial charge on any atom is -0.342 e. The van der Waals surface area contributed by atoms with Gasteiger partial charge >= 0.3 is 0 Å². The molecule has 34 heavy (non-hydrogen) atoms. The number of rotatable bonds is 10. The highest BCUT2D eigenvalue weighted by molar-refractivity contribution is 6.30. The number of halogens is 1. The van der Waals surface area contributed by atoms with Gasteiger partial charge in [0.2, 0.25) is 0 Å². The van der Waals surface area contributed by atoms with E-state index in [0.29, 0.717) is 23.4 Å². The summed E-state index contributed by atoms with van der Waals surface area (Å²) in [6.07, 6.45) is 3.53. The van der Waals surface area contributed by atoms with Gasteiger partial charge in [0.1, 0.15) is 0 Å². The summed E-state index contributed by atoms with van der Waals surface area (Å²) in [5.74, 6) is -0.176. The van der Waals surface area contributed by atoms with Crippen LogP contribution in [0.4, 0.5) is 0 Å². The number of benzene rings is 4. The van der Waals surface area contributed by atoms with Crippen molar-refractivity contribution in [2.45, 2.75) is 38.1 Å². The topological polar surface area (TPSA) is 46.2 Å². The largest absolute Gasteiger partial charge is 0.342 e. The molecule has 0 saturated heterocycles. The zero-order valence-corrected chi connectivity index (χ0v) is 19.8. The van der Waals surface area contributed by atoms with E-state index >= 15 is 0 Å². The van der Waals surface area contributed by atoms with Gasteiger partial charge in [-0.25, -0.2) is 0 Å². The first-order chi connectivity index (χ1) is 16.6. The Hall–Kier alpha value is -3.43. The van der Waals surface area contributed by atoms with E-state index in [1.54, 1.807) is 6.07 Å². The summed E-state index contributed by atoms with van der Waals surface area (Å²) in [5.41, 5.74) is 2.82. The van der Waals surface area contributed by atoms with Gasteiger partial charge in [0.15, 0.2) is 5.78 Å². The highest BCUT2D eigenvalue weighted by Gasteiger charge is 2.22. The van der Waals surface area contributed by atoms with Crippen LogP contribution in [0, 0.1) is 0 Å². The van der Waals surface area contributed by atoms with E-state index in [1.165, 1.54) is 5.56 Å². The Morgan fingerprint density at radius 2 is 1.44 bits per heavy atom. The second-order valence-corrected chi connectivity index (χ2v) is 8.98. The molecule has 4 aromatic rings. The van der Waals surface area contributed by atoms with Crippen LogP contribution in [-0.2, 0) is 17.6 Å². The lowest BCUT2D eigenvalue weighted by Crippen LogP contribution is -2.42. The van der Waals surface area contributed by atoms with Gasteiger partial charge in [0.05, 0.1) is 6.04 Å². The maximum Gasteiger partial charge on any atom is 0.252 e. The van der Waals surface area contributed by atoms with Gasteiger partial charge in [-0.2, -0.15) is 0 Å². The van der Waals surface area contributed by atoms with Crippen molar-refractivity contribution in [1.29, 1.82) is 0 Å². The number of ketones is 1. The molecule has 1 N–H and O–H groups in total. The van der Waals surface area contributed by atoms with Crippen molar-refractivity contribution in [2.75, 3.05) is 0 Å². The first-order valence-corrected chi connectivity index (χ1v) is 12.1. The summed E-state index contributed by atoms with van der Waals surface area (Å²) < 4.78 is 0. The number of aryl methyl sites for hydroxylation is 1. The average Bonchev–Trinajstić information content (AvgIpc) is 2.87. The molecule has 0 aliphatic rings. The second-order valence-electron chi connectivity index (χ2n) is 8.54. The van der Waals surface area contributed by atoms with E-state index in [1.807, 2.05) is 78.9 Å². The van der Waals surface area contributed by atoms with E-state index in [4.69, 9.17) is 11.6 Å². The van der Waals surface area contributed by atoms with Gasteiger partial charge in [0, 0.05) is 17.0 Å². The number of fused-ring (bicyclic) bond motifs is 1. The van der Waals surface area contributed by atoms with E-state index in [-0.39, 0.29) is 11.7 Å². The smallest absolute Gasteiger partial charge is 0.252 e. The first-order valence-electron chi connectivity index (χ1n) is 11.7. The molecule has 3 nitrogen and oxygen atoms in total. The molecule has 0 fully saturated rings. The normalized spacial score (nSPS) is 11.8. The number of amides is 1. The van der Waals surface area contributed by atoms with Crippen molar-refractivity contribution in [2.24, 2.45) is 0 Å². The van der Waals surface area contributed by atoms with Gasteiger partial charge < -0.3 is 5.32 Å². The zero-order valence-electron chi connectivity index (χ0n) is 19.0. The van der Waals surface area contributed by atoms with Crippen LogP contribution < -0.4 is 5.32 Å². The number of carbonyl (C=O) groups is 2. The van der Waals surface area contributed by atoms with Crippen LogP contribution in [0.25, 0.3) is 10.8 Å². The lowest BCUT2D eigenvalue weighted by atomic mass is 9.97. The third-order valence-corrected chi connectivity index (χ3v) is 6.31. The molecular formula is C30H28ClNO2. The number of unbranched alkanes of at least 4 members (excludes halogenated alkanes) is 1. The predicted octanol–water partition coefficient (Wildman–Crippen LogP) is 6.82. The highest BCUT2D eigenvalue weighted by atomic mass is 35.5. The molecule has 0 aliphatic carbocycles. The number of hydrogen-bond acceptors (Lipinski definition) is 2. The molecule has 0 aliphatic heterocycles. The summed E-state index contributed by atoms with van der Waals surface area (Å²) in [4.78, 5) is 26.5. The molecule has 0 unspecified atom stereocenters. The molecule has 1 amide bonds. The van der Waals surface area contributed by atoms with Crippen molar-refractivity contribution < 1.29 is 9.59 Å². The van der Waals surface area contributed by atoms with Crippen LogP contribution in [-0.4, -0.2) is 17.7 Å². The molecule has 4 aromatic carbocycles. The van der Waals surface area contributed by atoms with Crippen molar-refractivity contribution in [1.82, 2.24) is 5.32 Å². The predicted molar refractivity (Wildman–Crippen MR) is 139 cm³/mol. The lowest BCUT2D eigenvalue weighted by Gasteiger charge is -2.19. The Bertz CT molecular complexity index is 1250. The van der Waals surface area contributed by atoms with Crippen molar-refractivity contribution >= 4 is 34.1 Å². The van der Waals surface area contributed by atoms with Crippen LogP contribution >= 0.6 is 11.6 Å². The minimum absolute atomic E-state index is 0.0524. The van der Waals surface area contributed by atoms with Gasteiger partial charge in [-0.1, -0.05) is 90.5 Å². The standard InChI is InChI=1S/C30H28ClNO2/c31-25-19-17-23(18-20-25)21-28(29(33)16-7-4-11-22-9-2-1-3-10-22)32-30(34)27-15-8-13-24-12-5-6-14-26(24)27/h1-3,5-6,8-10,12-15,17-20,28H,4,7,11,16,21H2,(H,32,34)/t28-/m0/s1. The van der Waals surface area contributed by atoms with E-state index in [2.05, 4.69) is 17.4 Å². The summed E-state index contributed by atoms with van der Waals surface area (Å²) >= 11 is 6.03. The molecule has 0 aromatic heterocycles. The SMILES string of the molecule is O=C(N[C@@H](Cc1ccc(Cl)cc1)C(=O)CCCCc1ccccc1)c1cccc2ccccc12. The van der Waals surface area contributed by atoms with E-state index in [0.717, 1.165) is 35.6 Å². The molecule has 1 atom stereocenters. The summed E-state index contributed by atoms with van der Waals surface area (Å²) in [6.45, 7) is 0. The molecule has 0 radical (unpaired) electrons. The molecule has 0 spiro atoms. The summed E-state index contributed by atoms with van der Waals surface area (Å²) in [5, 5.41) is 5.55. The van der Waals surface area contributed by atoms with Crippen LogP contribution in [0.2, 0.25) is 5.02 Å². The van der Waals surface area contributed by atoms with Crippen LogP contribution in [0.1, 0.15) is 40.7 Å². The quantitative estimate of drug-likeness (QED) is 0.259. The Morgan fingerprint density at radius 3 is 2.24 bits per heavy atom. The average molecular weight is 470 g/mol. The monoisotopic (exact) mass is 469 g/mol. The Morgan fingerprint density at radius 1 is 0.735 bits per heavy atom. The zero-order chi connectivity index (χ0) is 23.8. The minimum atomic E-state index is -0.593. The molecule has 0 bridgehead atoms. The van der Waals surface area contributed by atoms with Crippen LogP contribution in [0.3, 0.4) is 0 Å². The number of hydrogen-bond donors (Lipinski definition) is 1. The van der Waals surface area contributed by atoms with Crippen LogP contribution in [0.15, 0.2) is 97.1 Å². The molecule has 4 heteroatoms. The first kappa shape index (κ1) is 23.7. The third-order valence-electron chi connectivity index (χ3n) is 6.06. The van der Waals surface area contributed by atoms with Gasteiger partial charge in [-0.05, 0) is 65.8 Å². The van der Waals surface area contributed by atoms with Gasteiger partial charge in [-0.3, -0.25) is 9.59 Å². The summed E-state index contributed by atoms with van der Waals surface area (Å²) in [7, 11) is 0. The van der Waals surface area contributed by atoms with Gasteiger partial charge in [0.25, 0.3) is 5.91 Å². The fraction of sp³-hybridized carbons (Fsp3) is 0.200. The van der Waals surface area contributed by atoms with Gasteiger partial charge in [-0.15, -0.1) is 0 Å². The van der Waals surface area contributed by atoms with E-state index in [9.17, 15) is 9.59 Å². The highest BCUT2D eigenvalue weighted by Crippen LogP contribution is 2.19. The maximum atomic E-state index is 13.2. The van der Waals surface area contributed by atoms with Crippen molar-refractivity contribution in [3.05, 3.63) is 119 Å². The second kappa shape index (κ2) is 11.6. The fourth-order valence-electron chi connectivity index (χ4n) is 4.21. The lowest BCUT2D eigenvalue weighted by molar-refractivity contribution is -0.121. The van der Waals surface area contributed by atoms with E-state index < -0.39 is 6.04 Å². The fourth-order valence-corrected chi connectivity index (χ4v) is 4.33. The molecular weight excluding hydrogens is 442 g/mol. The number of carbonyl (C=O) groups excluding carboxylic acids is 2. The Labute approximate surface area is 205 Å². The summed E-state index contributed by atoms with van der Waals surface area (Å²) in [6, 6.07) is 30.6. The molecule has 4 rings (SSSR count). The van der Waals surface area contributed by atoms with Crippen molar-refractivity contribution in [3.8, 4) is 0 Å². The molecule has 172 valence electrons. The number of Topliss-reactive ketones (excluding diaryl/α,β-unsaturated/α-hetero) is 1. The van der Waals surface area contributed by atoms with Crippen molar-refractivity contribution in [3.63, 3.8) is 0 Å². The Kier molecular flexibility index (Phi) is 8.11. The Balaban J connectivity index is 1.46. The molecule has 0 heterocycles. The number of nitrogens with one attached hydrogen (secondary N) is 1.